The highest BCUT2D eigenvalue weighted by Gasteiger charge is 2.30. The van der Waals surface area contributed by atoms with E-state index >= 15 is 0 Å². The molecule has 0 radical (unpaired) electrons. The molecule has 14 heteroatoms. The van der Waals surface area contributed by atoms with Gasteiger partial charge in [-0.2, -0.15) is 0 Å². The first kappa shape index (κ1) is 47.9. The van der Waals surface area contributed by atoms with Crippen LogP contribution in [0.5, 0.6) is 0 Å². The van der Waals surface area contributed by atoms with Gasteiger partial charge in [0.2, 0.25) is 11.8 Å². The Morgan fingerprint density at radius 3 is 1.59 bits per heavy atom. The van der Waals surface area contributed by atoms with E-state index in [0.29, 0.717) is 53.8 Å². The van der Waals surface area contributed by atoms with Crippen molar-refractivity contribution in [1.82, 2.24) is 20.4 Å². The van der Waals surface area contributed by atoms with E-state index in [-0.39, 0.29) is 30.2 Å². The number of nitrogens with one attached hydrogen (secondary N) is 2. The first-order chi connectivity index (χ1) is 33.2. The molecule has 346 valence electrons. The fourth-order valence-electron chi connectivity index (χ4n) is 7.70. The number of amides is 4. The van der Waals surface area contributed by atoms with Crippen molar-refractivity contribution in [2.45, 2.75) is 47.8 Å². The highest BCUT2D eigenvalue weighted by Crippen LogP contribution is 2.34. The third-order valence-corrected chi connectivity index (χ3v) is 15.3. The molecule has 0 unspecified atom stereocenters. The number of hydrogen-bond acceptors (Lipinski definition) is 10. The van der Waals surface area contributed by atoms with E-state index < -0.39 is 11.8 Å². The Kier molecular flexibility index (Phi) is 16.5. The second-order valence-corrected chi connectivity index (χ2v) is 20.1. The second kappa shape index (κ2) is 23.4. The second-order valence-electron chi connectivity index (χ2n) is 15.9. The minimum Gasteiger partial charge on any atom is -0.467 e. The maximum absolute atomic E-state index is 14.8. The first-order valence-electron chi connectivity index (χ1n) is 22.0. The Bertz CT molecular complexity index is 2670. The van der Waals surface area contributed by atoms with Crippen LogP contribution in [-0.4, -0.2) is 59.0 Å². The number of thioether (sulfide) groups is 2. The fraction of sp³-hybridized carbons (Fsp3) is 0.185. The van der Waals surface area contributed by atoms with Crippen LogP contribution in [0.1, 0.15) is 65.0 Å². The molecular formula is C54H50N4O6S4. The summed E-state index contributed by atoms with van der Waals surface area (Å²) in [5, 5.41) is 9.41. The molecule has 10 nitrogen and oxygen atoms in total. The zero-order valence-electron chi connectivity index (χ0n) is 37.5. The average molecular weight is 979 g/mol. The third-order valence-electron chi connectivity index (χ3n) is 11.3. The number of rotatable bonds is 21. The highest BCUT2D eigenvalue weighted by atomic mass is 32.2. The van der Waals surface area contributed by atoms with Crippen molar-refractivity contribution >= 4 is 69.8 Å². The SMILES string of the molecule is CNC(=O)c1ccc(SC[C@H](C(=O)N(Cc2cc(-c3csc(CN(Cc4ccco4)C(=O)[C@H](CSc4ccc(C(=O)NC)cc4)c4ccccc4)c3)co2)Cc2cccs2)c2ccccc2)cc1. The quantitative estimate of drug-likeness (QED) is 0.0682. The van der Waals surface area contributed by atoms with Crippen LogP contribution in [0.15, 0.2) is 188 Å². The van der Waals surface area contributed by atoms with E-state index in [1.165, 1.54) is 0 Å². The lowest BCUT2D eigenvalue weighted by molar-refractivity contribution is -0.134. The molecule has 4 amide bonds. The smallest absolute Gasteiger partial charge is 0.251 e. The summed E-state index contributed by atoms with van der Waals surface area (Å²) in [6.45, 7) is 1.36. The van der Waals surface area contributed by atoms with Crippen LogP contribution in [-0.2, 0) is 35.8 Å². The number of carbonyl (C=O) groups excluding carboxylic acids is 4. The average Bonchev–Trinajstić information content (AvgIpc) is 4.25. The van der Waals surface area contributed by atoms with Gasteiger partial charge in [-0.15, -0.1) is 46.2 Å². The van der Waals surface area contributed by atoms with Crippen LogP contribution in [0.3, 0.4) is 0 Å². The van der Waals surface area contributed by atoms with Gasteiger partial charge in [-0.25, -0.2) is 0 Å². The number of furan rings is 2. The van der Waals surface area contributed by atoms with Gasteiger partial charge in [0, 0.05) is 61.8 Å². The standard InChI is InChI=1S/C54H50N4O6S4/c1-55-51(59)39-17-21-45(22-18-39)67-35-49(37-11-5-3-6-12-37)53(61)57(29-43-15-9-25-63-43)32-48-28-42(34-66-48)41-27-44(64-33-41)30-58(31-47-16-10-26-65-47)54(62)50(38-13-7-4-8-14-38)36-68-46-23-19-40(20-24-46)52(60)56-2/h3-28,33-34,49-50H,29-32,35-36H2,1-2H3,(H,55,59)(H,56,60)/t49-,50+/m1/s1. The molecule has 8 rings (SSSR count). The molecule has 0 bridgehead atoms. The molecule has 0 spiro atoms. The number of carbonyl (C=O) groups is 4. The van der Waals surface area contributed by atoms with Gasteiger partial charge in [0.05, 0.1) is 50.5 Å². The molecule has 4 heterocycles. The normalized spacial score (nSPS) is 12.0. The zero-order chi connectivity index (χ0) is 47.2. The van der Waals surface area contributed by atoms with E-state index in [0.717, 1.165) is 41.8 Å². The van der Waals surface area contributed by atoms with Crippen LogP contribution in [0.2, 0.25) is 0 Å². The number of thiophene rings is 2. The summed E-state index contributed by atoms with van der Waals surface area (Å²) in [6, 6.07) is 46.4. The summed E-state index contributed by atoms with van der Waals surface area (Å²) in [5.41, 5.74) is 4.84. The summed E-state index contributed by atoms with van der Waals surface area (Å²) < 4.78 is 12.0. The molecule has 8 aromatic rings. The largest absolute Gasteiger partial charge is 0.467 e. The lowest BCUT2D eigenvalue weighted by Gasteiger charge is -2.27. The van der Waals surface area contributed by atoms with Gasteiger partial charge in [0.1, 0.15) is 11.5 Å². The van der Waals surface area contributed by atoms with Crippen LogP contribution in [0, 0.1) is 0 Å². The molecule has 0 saturated carbocycles. The van der Waals surface area contributed by atoms with Crippen molar-refractivity contribution in [3.63, 3.8) is 0 Å². The summed E-state index contributed by atoms with van der Waals surface area (Å²) in [6.07, 6.45) is 3.36. The van der Waals surface area contributed by atoms with Gasteiger partial charge < -0.3 is 29.3 Å². The van der Waals surface area contributed by atoms with Crippen molar-refractivity contribution in [3.8, 4) is 11.1 Å². The molecule has 4 aromatic heterocycles. The van der Waals surface area contributed by atoms with Crippen molar-refractivity contribution in [1.29, 1.82) is 0 Å². The maximum atomic E-state index is 14.8. The lowest BCUT2D eigenvalue weighted by Crippen LogP contribution is -2.35. The predicted molar refractivity (Wildman–Crippen MR) is 273 cm³/mol. The summed E-state index contributed by atoms with van der Waals surface area (Å²) >= 11 is 6.35. The van der Waals surface area contributed by atoms with E-state index in [9.17, 15) is 19.2 Å². The lowest BCUT2D eigenvalue weighted by atomic mass is 9.99. The molecular weight excluding hydrogens is 929 g/mol. The van der Waals surface area contributed by atoms with Crippen molar-refractivity contribution in [2.24, 2.45) is 0 Å². The van der Waals surface area contributed by atoms with Crippen molar-refractivity contribution in [3.05, 3.63) is 212 Å². The molecule has 0 saturated heterocycles. The van der Waals surface area contributed by atoms with Crippen molar-refractivity contribution in [2.75, 3.05) is 25.6 Å². The molecule has 68 heavy (non-hydrogen) atoms. The van der Waals surface area contributed by atoms with E-state index in [2.05, 4.69) is 22.1 Å². The van der Waals surface area contributed by atoms with Gasteiger partial charge in [0.15, 0.2) is 0 Å². The first-order valence-corrected chi connectivity index (χ1v) is 25.7. The van der Waals surface area contributed by atoms with Gasteiger partial charge in [0.25, 0.3) is 11.8 Å². The summed E-state index contributed by atoms with van der Waals surface area (Å²) in [7, 11) is 3.22. The fourth-order valence-corrected chi connectivity index (χ4v) is 11.4. The van der Waals surface area contributed by atoms with Crippen LogP contribution >= 0.6 is 46.2 Å². The minimum absolute atomic E-state index is 0.0118. The zero-order valence-corrected chi connectivity index (χ0v) is 40.8. The Labute approximate surface area is 412 Å². The van der Waals surface area contributed by atoms with E-state index in [1.807, 2.05) is 130 Å². The van der Waals surface area contributed by atoms with Crippen LogP contribution in [0.4, 0.5) is 0 Å². The number of benzene rings is 4. The highest BCUT2D eigenvalue weighted by molar-refractivity contribution is 7.99. The van der Waals surface area contributed by atoms with Crippen molar-refractivity contribution < 1.29 is 28.0 Å². The third kappa shape index (κ3) is 12.5. The number of hydrogen-bond donors (Lipinski definition) is 2. The number of nitrogens with zero attached hydrogens (tertiary/aromatic N) is 2. The van der Waals surface area contributed by atoms with Gasteiger partial charge in [-0.3, -0.25) is 19.2 Å². The van der Waals surface area contributed by atoms with Gasteiger partial charge in [-0.05, 0) is 106 Å². The molecule has 0 aliphatic rings. The van der Waals surface area contributed by atoms with Crippen LogP contribution in [0.25, 0.3) is 11.1 Å². The van der Waals surface area contributed by atoms with E-state index in [4.69, 9.17) is 8.83 Å². The minimum atomic E-state index is -0.452. The Hall–Kier alpha value is -6.58. The van der Waals surface area contributed by atoms with E-state index in [1.54, 1.807) is 97.1 Å². The Morgan fingerprint density at radius 2 is 1.09 bits per heavy atom. The molecule has 0 fully saturated rings. The summed E-state index contributed by atoms with van der Waals surface area (Å²) in [4.78, 5) is 61.6. The molecule has 2 atom stereocenters. The predicted octanol–water partition coefficient (Wildman–Crippen LogP) is 11.6. The molecule has 0 aliphatic heterocycles. The van der Waals surface area contributed by atoms with Gasteiger partial charge in [-0.1, -0.05) is 66.7 Å². The monoisotopic (exact) mass is 978 g/mol. The summed E-state index contributed by atoms with van der Waals surface area (Å²) in [5.74, 6) is 1.12. The Morgan fingerprint density at radius 1 is 0.544 bits per heavy atom. The maximum Gasteiger partial charge on any atom is 0.251 e. The topological polar surface area (TPSA) is 125 Å². The van der Waals surface area contributed by atoms with Crippen LogP contribution < -0.4 is 10.6 Å². The molecule has 0 aliphatic carbocycles. The molecule has 2 N–H and O–H groups in total. The molecule has 4 aromatic carbocycles. The van der Waals surface area contributed by atoms with Gasteiger partial charge >= 0.3 is 0 Å². The Balaban J connectivity index is 0.995.